The number of benzene rings is 3. The van der Waals surface area contributed by atoms with Crippen molar-refractivity contribution in [2.75, 3.05) is 0 Å². The lowest BCUT2D eigenvalue weighted by atomic mass is 10.4. The van der Waals surface area contributed by atoms with Gasteiger partial charge in [0.25, 0.3) is 0 Å². The second kappa shape index (κ2) is 11.9. The molecule has 5 rings (SSSR count). The van der Waals surface area contributed by atoms with Gasteiger partial charge in [-0.05, 0) is 86.6 Å². The average Bonchev–Trinajstić information content (AvgIpc) is 2.91. The molecule has 2 heterocycles. The summed E-state index contributed by atoms with van der Waals surface area (Å²) in [5.74, 6) is 0. The molecule has 0 saturated carbocycles. The molecule has 3 aromatic rings. The Morgan fingerprint density at radius 3 is 0.953 bits per heavy atom. The Labute approximate surface area is 265 Å². The van der Waals surface area contributed by atoms with Gasteiger partial charge in [0, 0.05) is 0 Å². The summed E-state index contributed by atoms with van der Waals surface area (Å²) in [6.45, 7) is 19.4. The molecule has 232 valence electrons. The van der Waals surface area contributed by atoms with Gasteiger partial charge in [0.1, 0.15) is 0 Å². The zero-order chi connectivity index (χ0) is 31.2. The Bertz CT molecular complexity index is 1330. The van der Waals surface area contributed by atoms with Crippen LogP contribution >= 0.6 is 0 Å². The van der Waals surface area contributed by atoms with E-state index < -0.39 is 59.9 Å². The zero-order valence-electron chi connectivity index (χ0n) is 26.9. The van der Waals surface area contributed by atoms with Gasteiger partial charge in [-0.25, -0.2) is 0 Å². The number of rotatable bonds is 6. The van der Waals surface area contributed by atoms with Gasteiger partial charge in [-0.2, -0.15) is 0 Å². The number of hydrogen-bond acceptors (Lipinski definition) is 7. The van der Waals surface area contributed by atoms with Crippen molar-refractivity contribution >= 4 is 75.5 Å². The summed E-state index contributed by atoms with van der Waals surface area (Å²) >= 11 is 0. The fourth-order valence-electron chi connectivity index (χ4n) is 6.58. The van der Waals surface area contributed by atoms with Crippen LogP contribution in [-0.4, -0.2) is 59.9 Å². The summed E-state index contributed by atoms with van der Waals surface area (Å²) in [6.07, 6.45) is 0. The van der Waals surface area contributed by atoms with Gasteiger partial charge in [0.2, 0.25) is 0 Å². The molecule has 3 aromatic carbocycles. The minimum atomic E-state index is -3.06. The van der Waals surface area contributed by atoms with Gasteiger partial charge in [0.15, 0.2) is 0 Å². The molecule has 14 heteroatoms. The van der Waals surface area contributed by atoms with Crippen LogP contribution in [0.5, 0.6) is 0 Å². The Hall–Kier alpha value is -1.10. The fourth-order valence-corrected chi connectivity index (χ4v) is 46.5. The highest BCUT2D eigenvalue weighted by atomic mass is 28.5. The highest BCUT2D eigenvalue weighted by molar-refractivity contribution is 7.03. The first-order valence-electron chi connectivity index (χ1n) is 15.0. The second-order valence-corrected chi connectivity index (χ2v) is 37.5. The maximum atomic E-state index is 7.45. The van der Waals surface area contributed by atoms with E-state index in [1.165, 1.54) is 0 Å². The maximum Gasteiger partial charge on any atom is 0.352 e. The molecule has 0 amide bonds. The van der Waals surface area contributed by atoms with Crippen LogP contribution in [0.15, 0.2) is 91.0 Å². The van der Waals surface area contributed by atoms with E-state index in [0.717, 1.165) is 21.6 Å². The third-order valence-electron chi connectivity index (χ3n) is 7.94. The highest BCUT2D eigenvalue weighted by Crippen LogP contribution is 2.38. The molecule has 7 nitrogen and oxygen atoms in total. The van der Waals surface area contributed by atoms with Crippen molar-refractivity contribution in [2.24, 2.45) is 0 Å². The van der Waals surface area contributed by atoms with E-state index in [1.54, 1.807) is 0 Å². The van der Waals surface area contributed by atoms with Crippen LogP contribution in [-0.2, 0) is 28.8 Å². The van der Waals surface area contributed by atoms with Gasteiger partial charge in [-0.3, -0.25) is 0 Å². The molecule has 0 N–H and O–H groups in total. The maximum absolute atomic E-state index is 7.45. The van der Waals surface area contributed by atoms with Crippen LogP contribution in [0.25, 0.3) is 0 Å². The van der Waals surface area contributed by atoms with Crippen LogP contribution in [0.3, 0.4) is 0 Å². The van der Waals surface area contributed by atoms with Gasteiger partial charge in [-0.1, -0.05) is 91.0 Å². The standard InChI is InChI=1S/C29H46O7Si7/c1-37(2)30-38(3,4)32-39(5,31-37)25-26-40(6)33-41(7,27-19-13-10-14-20-27)35-43(9,29-23-17-12-18-24-29)36-42(8,34-40)28-21-15-11-16-22-28/h10-24H,25-26H2,1-9H3. The first kappa shape index (κ1) is 33.3. The first-order valence-corrected chi connectivity index (χ1v) is 32.7. The average molecular weight is 703 g/mol. The van der Waals surface area contributed by atoms with Crippen molar-refractivity contribution < 1.29 is 28.8 Å². The van der Waals surface area contributed by atoms with Crippen LogP contribution < -0.4 is 15.6 Å². The van der Waals surface area contributed by atoms with Crippen molar-refractivity contribution in [3.63, 3.8) is 0 Å². The normalized spacial score (nSPS) is 33.7. The van der Waals surface area contributed by atoms with E-state index in [1.807, 2.05) is 18.2 Å². The predicted octanol–water partition coefficient (Wildman–Crippen LogP) is 5.62. The molecule has 0 aliphatic carbocycles. The molecule has 2 atom stereocenters. The van der Waals surface area contributed by atoms with E-state index >= 15 is 0 Å². The molecule has 0 aromatic heterocycles. The van der Waals surface area contributed by atoms with E-state index in [-0.39, 0.29) is 0 Å². The topological polar surface area (TPSA) is 64.6 Å². The van der Waals surface area contributed by atoms with E-state index in [0.29, 0.717) is 6.04 Å². The Kier molecular flexibility index (Phi) is 9.22. The van der Waals surface area contributed by atoms with Crippen molar-refractivity contribution in [3.05, 3.63) is 91.0 Å². The smallest absolute Gasteiger partial charge is 0.352 e. The summed E-state index contributed by atoms with van der Waals surface area (Å²) in [5.41, 5.74) is 0. The van der Waals surface area contributed by atoms with Crippen LogP contribution in [0, 0.1) is 0 Å². The Morgan fingerprint density at radius 1 is 0.349 bits per heavy atom. The molecule has 0 bridgehead atoms. The monoisotopic (exact) mass is 702 g/mol. The molecule has 2 unspecified atom stereocenters. The van der Waals surface area contributed by atoms with Gasteiger partial charge in [0.05, 0.1) is 0 Å². The minimum Gasteiger partial charge on any atom is -0.416 e. The lowest BCUT2D eigenvalue weighted by molar-refractivity contribution is 0.227. The lowest BCUT2D eigenvalue weighted by Gasteiger charge is -2.51. The SMILES string of the molecule is C[Si]1(C)O[Si](C)(C)O[Si](C)(CC[Si]2(C)O[Si](C)(c3ccccc3)O[Si](C)(c3ccccc3)O[Si](C)(c3ccccc3)O2)O1. The lowest BCUT2D eigenvalue weighted by Crippen LogP contribution is -2.75. The first-order chi connectivity index (χ1) is 20.0. The van der Waals surface area contributed by atoms with Crippen molar-refractivity contribution in [2.45, 2.75) is 71.0 Å². The van der Waals surface area contributed by atoms with Gasteiger partial charge in [-0.15, -0.1) is 0 Å². The third kappa shape index (κ3) is 7.66. The fraction of sp³-hybridized carbons (Fsp3) is 0.379. The van der Waals surface area contributed by atoms with Crippen LogP contribution in [0.4, 0.5) is 0 Å². The van der Waals surface area contributed by atoms with Gasteiger partial charge < -0.3 is 28.8 Å². The predicted molar refractivity (Wildman–Crippen MR) is 188 cm³/mol. The van der Waals surface area contributed by atoms with Crippen molar-refractivity contribution in [1.29, 1.82) is 0 Å². The Balaban J connectivity index is 1.59. The summed E-state index contributed by atoms with van der Waals surface area (Å²) < 4.78 is 49.5. The molecule has 2 aliphatic heterocycles. The van der Waals surface area contributed by atoms with E-state index in [2.05, 4.69) is 132 Å². The molecule has 0 spiro atoms. The molecule has 43 heavy (non-hydrogen) atoms. The van der Waals surface area contributed by atoms with E-state index in [4.69, 9.17) is 28.8 Å². The zero-order valence-corrected chi connectivity index (χ0v) is 33.9. The van der Waals surface area contributed by atoms with Crippen LogP contribution in [0.1, 0.15) is 0 Å². The summed E-state index contributed by atoms with van der Waals surface area (Å²) in [7, 11) is -19.3. The molecule has 2 fully saturated rings. The highest BCUT2D eigenvalue weighted by Gasteiger charge is 2.60. The molecule has 0 radical (unpaired) electrons. The number of hydrogen-bond donors (Lipinski definition) is 0. The molecular weight excluding hydrogens is 657 g/mol. The van der Waals surface area contributed by atoms with Gasteiger partial charge >= 0.3 is 59.9 Å². The molecule has 2 saturated heterocycles. The molecular formula is C29H46O7Si7. The summed E-state index contributed by atoms with van der Waals surface area (Å²) in [4.78, 5) is 0. The van der Waals surface area contributed by atoms with E-state index in [9.17, 15) is 0 Å². The van der Waals surface area contributed by atoms with Crippen molar-refractivity contribution in [1.82, 2.24) is 0 Å². The summed E-state index contributed by atoms with van der Waals surface area (Å²) in [5, 5.41) is 3.22. The van der Waals surface area contributed by atoms with Crippen molar-refractivity contribution in [3.8, 4) is 0 Å². The quantitative estimate of drug-likeness (QED) is 0.310. The summed E-state index contributed by atoms with van der Waals surface area (Å²) in [6, 6.07) is 32.6. The second-order valence-electron chi connectivity index (χ2n) is 13.2. The largest absolute Gasteiger partial charge is 0.416 e. The third-order valence-corrected chi connectivity index (χ3v) is 39.0. The Morgan fingerprint density at radius 2 is 0.628 bits per heavy atom. The minimum absolute atomic E-state index is 0.714. The van der Waals surface area contributed by atoms with Crippen LogP contribution in [0.2, 0.25) is 71.0 Å². The molecule has 2 aliphatic rings.